The van der Waals surface area contributed by atoms with E-state index in [-0.39, 0.29) is 24.0 Å². The van der Waals surface area contributed by atoms with Crippen LogP contribution in [-0.4, -0.2) is 34.9 Å². The van der Waals surface area contributed by atoms with E-state index in [2.05, 4.69) is 19.3 Å². The SMILES string of the molecule is CC(C)c1cc(C(=O)NN2C(=O)[C@@H]3[C@@H](C2=O)[C@H]2CC[C@H]3O2)cs1. The molecule has 4 atom stereocenters. The molecule has 7 heteroatoms. The first-order valence-electron chi connectivity index (χ1n) is 7.90. The molecule has 1 aromatic rings. The molecule has 3 aliphatic heterocycles. The van der Waals surface area contributed by atoms with E-state index in [0.29, 0.717) is 11.5 Å². The van der Waals surface area contributed by atoms with Crippen LogP contribution >= 0.6 is 11.3 Å². The Morgan fingerprint density at radius 2 is 1.87 bits per heavy atom. The lowest BCUT2D eigenvalue weighted by atomic mass is 9.81. The van der Waals surface area contributed by atoms with Crippen molar-refractivity contribution in [1.82, 2.24) is 10.4 Å². The maximum atomic E-state index is 12.5. The van der Waals surface area contributed by atoms with Gasteiger partial charge in [0.2, 0.25) is 0 Å². The van der Waals surface area contributed by atoms with Crippen LogP contribution in [0.25, 0.3) is 0 Å². The zero-order chi connectivity index (χ0) is 16.3. The molecule has 0 aromatic carbocycles. The smallest absolute Gasteiger partial charge is 0.271 e. The molecule has 3 fully saturated rings. The van der Waals surface area contributed by atoms with Gasteiger partial charge in [-0.25, -0.2) is 0 Å². The number of carbonyl (C=O) groups is 3. The van der Waals surface area contributed by atoms with Crippen LogP contribution in [0.5, 0.6) is 0 Å². The summed E-state index contributed by atoms with van der Waals surface area (Å²) in [7, 11) is 0. The molecule has 4 heterocycles. The van der Waals surface area contributed by atoms with Crippen molar-refractivity contribution in [2.75, 3.05) is 0 Å². The van der Waals surface area contributed by atoms with E-state index in [1.807, 2.05) is 6.07 Å². The van der Waals surface area contributed by atoms with E-state index >= 15 is 0 Å². The maximum absolute atomic E-state index is 12.5. The fourth-order valence-electron chi connectivity index (χ4n) is 3.76. The van der Waals surface area contributed by atoms with Gasteiger partial charge in [0.25, 0.3) is 17.7 Å². The molecule has 23 heavy (non-hydrogen) atoms. The summed E-state index contributed by atoms with van der Waals surface area (Å²) in [6, 6.07) is 1.81. The van der Waals surface area contributed by atoms with Crippen molar-refractivity contribution >= 4 is 29.1 Å². The van der Waals surface area contributed by atoms with E-state index in [1.165, 1.54) is 11.3 Å². The summed E-state index contributed by atoms with van der Waals surface area (Å²) in [6.45, 7) is 4.11. The summed E-state index contributed by atoms with van der Waals surface area (Å²) in [5.41, 5.74) is 2.97. The average Bonchev–Trinajstić information content (AvgIpc) is 3.26. The zero-order valence-corrected chi connectivity index (χ0v) is 13.8. The fraction of sp³-hybridized carbons (Fsp3) is 0.562. The van der Waals surface area contributed by atoms with Crippen molar-refractivity contribution in [3.63, 3.8) is 0 Å². The third kappa shape index (κ3) is 2.14. The minimum absolute atomic E-state index is 0.169. The lowest BCUT2D eigenvalue weighted by Crippen LogP contribution is -2.47. The maximum Gasteiger partial charge on any atom is 0.271 e. The third-order valence-corrected chi connectivity index (χ3v) is 6.18. The normalized spacial score (nSPS) is 32.0. The molecule has 3 amide bonds. The second kappa shape index (κ2) is 5.14. The minimum Gasteiger partial charge on any atom is -0.373 e. The molecular formula is C16H18N2O4S. The number of nitrogens with zero attached hydrogens (tertiary/aromatic N) is 1. The molecule has 1 N–H and O–H groups in total. The topological polar surface area (TPSA) is 75.7 Å². The largest absolute Gasteiger partial charge is 0.373 e. The predicted octanol–water partition coefficient (Wildman–Crippen LogP) is 1.68. The number of thiophene rings is 1. The highest BCUT2D eigenvalue weighted by Gasteiger charge is 2.62. The van der Waals surface area contributed by atoms with Gasteiger partial charge >= 0.3 is 0 Å². The van der Waals surface area contributed by atoms with Crippen LogP contribution < -0.4 is 5.43 Å². The van der Waals surface area contributed by atoms with Gasteiger partial charge in [0, 0.05) is 10.3 Å². The van der Waals surface area contributed by atoms with Gasteiger partial charge in [-0.2, -0.15) is 5.01 Å². The van der Waals surface area contributed by atoms with Gasteiger partial charge < -0.3 is 4.74 Å². The zero-order valence-electron chi connectivity index (χ0n) is 12.9. The summed E-state index contributed by atoms with van der Waals surface area (Å²) in [6.07, 6.45) is 1.29. The molecule has 3 saturated heterocycles. The number of nitrogens with one attached hydrogen (secondary N) is 1. The molecule has 3 aliphatic rings. The van der Waals surface area contributed by atoms with Gasteiger partial charge in [-0.05, 0) is 24.8 Å². The van der Waals surface area contributed by atoms with Crippen LogP contribution in [0.15, 0.2) is 11.4 Å². The first-order valence-corrected chi connectivity index (χ1v) is 8.78. The molecule has 0 unspecified atom stereocenters. The molecule has 0 saturated carbocycles. The van der Waals surface area contributed by atoms with Crippen molar-refractivity contribution < 1.29 is 19.1 Å². The number of imide groups is 1. The van der Waals surface area contributed by atoms with Crippen molar-refractivity contribution in [3.8, 4) is 0 Å². The molecule has 2 bridgehead atoms. The van der Waals surface area contributed by atoms with Crippen LogP contribution in [0.2, 0.25) is 0 Å². The van der Waals surface area contributed by atoms with E-state index in [4.69, 9.17) is 4.74 Å². The Hall–Kier alpha value is -1.73. The van der Waals surface area contributed by atoms with Crippen LogP contribution in [-0.2, 0) is 14.3 Å². The Morgan fingerprint density at radius 1 is 1.26 bits per heavy atom. The third-order valence-electron chi connectivity index (χ3n) is 4.95. The second-order valence-corrected chi connectivity index (χ2v) is 7.63. The van der Waals surface area contributed by atoms with Gasteiger partial charge in [-0.3, -0.25) is 19.8 Å². The fourth-order valence-corrected chi connectivity index (χ4v) is 4.67. The highest BCUT2D eigenvalue weighted by molar-refractivity contribution is 7.10. The Kier molecular flexibility index (Phi) is 3.32. The van der Waals surface area contributed by atoms with Gasteiger partial charge in [0.15, 0.2) is 0 Å². The second-order valence-electron chi connectivity index (χ2n) is 6.69. The number of hydrogen-bond donors (Lipinski definition) is 1. The Labute approximate surface area is 137 Å². The standard InChI is InChI=1S/C16H18N2O4S/c1-7(2)11-5-8(6-23-11)14(19)17-18-15(20)12-9-3-4-10(22-9)13(12)16(18)21/h5-7,9-10,12-13H,3-4H2,1-2H3,(H,17,19)/t9-,10-,12+,13+/m1/s1. The van der Waals surface area contributed by atoms with Gasteiger partial charge in [-0.1, -0.05) is 13.8 Å². The summed E-state index contributed by atoms with van der Waals surface area (Å²) >= 11 is 1.50. The number of ether oxygens (including phenoxy) is 1. The number of carbonyl (C=O) groups excluding carboxylic acids is 3. The molecule has 0 spiro atoms. The number of fused-ring (bicyclic) bond motifs is 5. The van der Waals surface area contributed by atoms with Gasteiger partial charge in [-0.15, -0.1) is 11.3 Å². The molecular weight excluding hydrogens is 316 g/mol. The van der Waals surface area contributed by atoms with E-state index in [0.717, 1.165) is 22.7 Å². The van der Waals surface area contributed by atoms with Crippen LogP contribution in [0.1, 0.15) is 47.8 Å². The summed E-state index contributed by atoms with van der Waals surface area (Å²) in [4.78, 5) is 38.4. The Bertz CT molecular complexity index is 670. The molecule has 0 radical (unpaired) electrons. The van der Waals surface area contributed by atoms with Gasteiger partial charge in [0.1, 0.15) is 0 Å². The molecule has 0 aliphatic carbocycles. The Balaban J connectivity index is 1.51. The summed E-state index contributed by atoms with van der Waals surface area (Å²) in [5.74, 6) is -1.59. The minimum atomic E-state index is -0.421. The number of amides is 3. The lowest BCUT2D eigenvalue weighted by Gasteiger charge is -2.17. The predicted molar refractivity (Wildman–Crippen MR) is 82.6 cm³/mol. The van der Waals surface area contributed by atoms with Crippen LogP contribution in [0, 0.1) is 11.8 Å². The summed E-state index contributed by atoms with van der Waals surface area (Å²) < 4.78 is 5.67. The van der Waals surface area contributed by atoms with E-state index in [9.17, 15) is 14.4 Å². The van der Waals surface area contributed by atoms with Crippen molar-refractivity contribution in [2.24, 2.45) is 11.8 Å². The monoisotopic (exact) mass is 334 g/mol. The number of hydrogen-bond acceptors (Lipinski definition) is 5. The van der Waals surface area contributed by atoms with Crippen molar-refractivity contribution in [2.45, 2.75) is 44.8 Å². The first-order chi connectivity index (χ1) is 11.0. The average molecular weight is 334 g/mol. The van der Waals surface area contributed by atoms with E-state index < -0.39 is 17.7 Å². The lowest BCUT2D eigenvalue weighted by molar-refractivity contribution is -0.145. The van der Waals surface area contributed by atoms with Crippen LogP contribution in [0.3, 0.4) is 0 Å². The first kappa shape index (κ1) is 14.8. The van der Waals surface area contributed by atoms with Crippen LogP contribution in [0.4, 0.5) is 0 Å². The molecule has 6 nitrogen and oxygen atoms in total. The van der Waals surface area contributed by atoms with Gasteiger partial charge in [0.05, 0.1) is 29.6 Å². The van der Waals surface area contributed by atoms with E-state index in [1.54, 1.807) is 5.38 Å². The molecule has 4 rings (SSSR count). The quantitative estimate of drug-likeness (QED) is 0.853. The molecule has 122 valence electrons. The number of rotatable bonds is 3. The highest BCUT2D eigenvalue weighted by Crippen LogP contribution is 2.48. The molecule has 1 aromatic heterocycles. The highest BCUT2D eigenvalue weighted by atomic mass is 32.1. The van der Waals surface area contributed by atoms with Crippen molar-refractivity contribution in [1.29, 1.82) is 0 Å². The Morgan fingerprint density at radius 3 is 2.39 bits per heavy atom. The number of hydrazine groups is 1. The van der Waals surface area contributed by atoms with Crippen molar-refractivity contribution in [3.05, 3.63) is 21.9 Å². The summed E-state index contributed by atoms with van der Waals surface area (Å²) in [5, 5.41) is 2.67.